The summed E-state index contributed by atoms with van der Waals surface area (Å²) in [7, 11) is 1.83. The highest BCUT2D eigenvalue weighted by atomic mass is 16.3. The van der Waals surface area contributed by atoms with Crippen molar-refractivity contribution >= 4 is 5.91 Å². The number of rotatable bonds is 8. The lowest BCUT2D eigenvalue weighted by Crippen LogP contribution is -2.38. The molecule has 1 aromatic rings. The highest BCUT2D eigenvalue weighted by molar-refractivity contribution is 5.77. The van der Waals surface area contributed by atoms with Gasteiger partial charge in [-0.3, -0.25) is 9.69 Å². The molecule has 2 N–H and O–H groups in total. The summed E-state index contributed by atoms with van der Waals surface area (Å²) in [6.07, 6.45) is 1.51. The first-order valence-corrected chi connectivity index (χ1v) is 6.75. The van der Waals surface area contributed by atoms with Gasteiger partial charge in [-0.25, -0.2) is 0 Å². The number of likely N-dealkylation sites (N-methyl/N-ethyl adjacent to an activating group) is 1. The van der Waals surface area contributed by atoms with Gasteiger partial charge >= 0.3 is 0 Å². The summed E-state index contributed by atoms with van der Waals surface area (Å²) in [5.74, 6) is 0.0104. The van der Waals surface area contributed by atoms with E-state index in [9.17, 15) is 9.90 Å². The van der Waals surface area contributed by atoms with Crippen molar-refractivity contribution in [3.05, 3.63) is 35.9 Å². The van der Waals surface area contributed by atoms with Crippen molar-refractivity contribution in [3.63, 3.8) is 0 Å². The number of aliphatic hydroxyl groups excluding tert-OH is 1. The molecule has 0 saturated heterocycles. The molecule has 1 aromatic carbocycles. The standard InChI is InChI=1S/C15H24N2O2/c1-13(18)11-17(2)12-15(19)16-10-6-9-14-7-4-3-5-8-14/h3-5,7-8,13,18H,6,9-12H2,1-2H3,(H,16,19). The van der Waals surface area contributed by atoms with Crippen molar-refractivity contribution in [2.45, 2.75) is 25.9 Å². The van der Waals surface area contributed by atoms with Gasteiger partial charge < -0.3 is 10.4 Å². The second kappa shape index (κ2) is 8.67. The summed E-state index contributed by atoms with van der Waals surface area (Å²) in [4.78, 5) is 13.4. The first-order valence-electron chi connectivity index (χ1n) is 6.75. The third kappa shape index (κ3) is 7.59. The zero-order valence-electron chi connectivity index (χ0n) is 11.8. The van der Waals surface area contributed by atoms with Crippen LogP contribution >= 0.6 is 0 Å². The molecule has 1 rings (SSSR count). The van der Waals surface area contributed by atoms with Gasteiger partial charge in [0.05, 0.1) is 12.6 Å². The maximum Gasteiger partial charge on any atom is 0.234 e. The molecule has 0 aromatic heterocycles. The minimum absolute atomic E-state index is 0.0104. The highest BCUT2D eigenvalue weighted by Crippen LogP contribution is 2.01. The summed E-state index contributed by atoms with van der Waals surface area (Å²) in [5.41, 5.74) is 1.29. The number of carbonyl (C=O) groups excluding carboxylic acids is 1. The number of nitrogens with one attached hydrogen (secondary N) is 1. The molecule has 4 heteroatoms. The fourth-order valence-electron chi connectivity index (χ4n) is 1.98. The Hall–Kier alpha value is -1.39. The van der Waals surface area contributed by atoms with Crippen molar-refractivity contribution in [2.24, 2.45) is 0 Å². The number of hydrogen-bond acceptors (Lipinski definition) is 3. The molecule has 0 aliphatic rings. The molecular formula is C15H24N2O2. The van der Waals surface area contributed by atoms with E-state index in [1.165, 1.54) is 5.56 Å². The summed E-state index contributed by atoms with van der Waals surface area (Å²) in [6.45, 7) is 3.25. The maximum absolute atomic E-state index is 11.6. The third-order valence-electron chi connectivity index (χ3n) is 2.80. The van der Waals surface area contributed by atoms with Crippen molar-refractivity contribution in [1.29, 1.82) is 0 Å². The molecule has 1 unspecified atom stereocenters. The second-order valence-electron chi connectivity index (χ2n) is 4.98. The van der Waals surface area contributed by atoms with Gasteiger partial charge in [-0.15, -0.1) is 0 Å². The number of nitrogens with zero attached hydrogens (tertiary/aromatic N) is 1. The van der Waals surface area contributed by atoms with E-state index in [2.05, 4.69) is 17.4 Å². The van der Waals surface area contributed by atoms with E-state index in [0.717, 1.165) is 12.8 Å². The van der Waals surface area contributed by atoms with E-state index < -0.39 is 6.10 Å². The van der Waals surface area contributed by atoms with Crippen LogP contribution in [0.15, 0.2) is 30.3 Å². The maximum atomic E-state index is 11.6. The van der Waals surface area contributed by atoms with E-state index in [4.69, 9.17) is 0 Å². The van der Waals surface area contributed by atoms with Crippen molar-refractivity contribution < 1.29 is 9.90 Å². The van der Waals surface area contributed by atoms with E-state index in [1.807, 2.05) is 30.1 Å². The molecule has 106 valence electrons. The molecule has 4 nitrogen and oxygen atoms in total. The number of carbonyl (C=O) groups is 1. The van der Waals surface area contributed by atoms with Crippen LogP contribution in [0.25, 0.3) is 0 Å². The van der Waals surface area contributed by atoms with Crippen LogP contribution in [0.4, 0.5) is 0 Å². The van der Waals surface area contributed by atoms with Crippen LogP contribution in [0.1, 0.15) is 18.9 Å². The Morgan fingerprint density at radius 2 is 2.05 bits per heavy atom. The molecule has 19 heavy (non-hydrogen) atoms. The average Bonchev–Trinajstić information content (AvgIpc) is 2.35. The van der Waals surface area contributed by atoms with E-state index in [1.54, 1.807) is 6.92 Å². The molecule has 1 atom stereocenters. The molecule has 0 saturated carbocycles. The third-order valence-corrected chi connectivity index (χ3v) is 2.80. The molecule has 0 radical (unpaired) electrons. The van der Waals surface area contributed by atoms with E-state index in [-0.39, 0.29) is 5.91 Å². The predicted molar refractivity (Wildman–Crippen MR) is 77.0 cm³/mol. The van der Waals surface area contributed by atoms with E-state index in [0.29, 0.717) is 19.6 Å². The van der Waals surface area contributed by atoms with Crippen molar-refractivity contribution in [2.75, 3.05) is 26.7 Å². The number of amides is 1. The molecule has 0 fully saturated rings. The van der Waals surface area contributed by atoms with Crippen LogP contribution in [0.3, 0.4) is 0 Å². The zero-order chi connectivity index (χ0) is 14.1. The summed E-state index contributed by atoms with van der Waals surface area (Å²) < 4.78 is 0. The second-order valence-corrected chi connectivity index (χ2v) is 4.98. The van der Waals surface area contributed by atoms with Crippen LogP contribution < -0.4 is 5.32 Å². The Balaban J connectivity index is 2.10. The number of benzene rings is 1. The molecular weight excluding hydrogens is 240 g/mol. The Morgan fingerprint density at radius 3 is 2.68 bits per heavy atom. The quantitative estimate of drug-likeness (QED) is 0.690. The monoisotopic (exact) mass is 264 g/mol. The van der Waals surface area contributed by atoms with Crippen LogP contribution in [0, 0.1) is 0 Å². The minimum atomic E-state index is -0.407. The van der Waals surface area contributed by atoms with Gasteiger partial charge in [-0.1, -0.05) is 30.3 Å². The van der Waals surface area contributed by atoms with Gasteiger partial charge in [0, 0.05) is 13.1 Å². The molecule has 0 spiro atoms. The van der Waals surface area contributed by atoms with Crippen LogP contribution in [0.2, 0.25) is 0 Å². The topological polar surface area (TPSA) is 52.6 Å². The largest absolute Gasteiger partial charge is 0.392 e. The van der Waals surface area contributed by atoms with Crippen LogP contribution in [0.5, 0.6) is 0 Å². The molecule has 0 aliphatic heterocycles. The van der Waals surface area contributed by atoms with Gasteiger partial charge in [0.15, 0.2) is 0 Å². The summed E-state index contributed by atoms with van der Waals surface area (Å²) >= 11 is 0. The average molecular weight is 264 g/mol. The fourth-order valence-corrected chi connectivity index (χ4v) is 1.98. The lowest BCUT2D eigenvalue weighted by molar-refractivity contribution is -0.122. The first kappa shape index (κ1) is 15.7. The minimum Gasteiger partial charge on any atom is -0.392 e. The molecule has 0 aliphatic carbocycles. The SMILES string of the molecule is CC(O)CN(C)CC(=O)NCCCc1ccccc1. The first-order chi connectivity index (χ1) is 9.08. The Bertz CT molecular complexity index is 366. The fraction of sp³-hybridized carbons (Fsp3) is 0.533. The van der Waals surface area contributed by atoms with E-state index >= 15 is 0 Å². The molecule has 0 heterocycles. The van der Waals surface area contributed by atoms with Gasteiger partial charge in [0.1, 0.15) is 0 Å². The van der Waals surface area contributed by atoms with Crippen molar-refractivity contribution in [1.82, 2.24) is 10.2 Å². The van der Waals surface area contributed by atoms with Crippen LogP contribution in [-0.4, -0.2) is 48.7 Å². The summed E-state index contributed by atoms with van der Waals surface area (Å²) in [6, 6.07) is 10.2. The van der Waals surface area contributed by atoms with Gasteiger partial charge in [0.25, 0.3) is 0 Å². The smallest absolute Gasteiger partial charge is 0.234 e. The number of aliphatic hydroxyl groups is 1. The summed E-state index contributed by atoms with van der Waals surface area (Å²) in [5, 5.41) is 12.1. The zero-order valence-corrected chi connectivity index (χ0v) is 11.8. The molecule has 1 amide bonds. The van der Waals surface area contributed by atoms with Crippen LogP contribution in [-0.2, 0) is 11.2 Å². The van der Waals surface area contributed by atoms with Gasteiger partial charge in [-0.05, 0) is 32.4 Å². The van der Waals surface area contributed by atoms with Gasteiger partial charge in [0.2, 0.25) is 5.91 Å². The Kier molecular flexibility index (Phi) is 7.15. The Labute approximate surface area is 115 Å². The predicted octanol–water partition coefficient (Wildman–Crippen LogP) is 1.05. The van der Waals surface area contributed by atoms with Crippen molar-refractivity contribution in [3.8, 4) is 0 Å². The lowest BCUT2D eigenvalue weighted by atomic mass is 10.1. The van der Waals surface area contributed by atoms with Gasteiger partial charge in [-0.2, -0.15) is 0 Å². The lowest BCUT2D eigenvalue weighted by Gasteiger charge is -2.17. The number of hydrogen-bond donors (Lipinski definition) is 2. The highest BCUT2D eigenvalue weighted by Gasteiger charge is 2.07. The number of aryl methyl sites for hydroxylation is 1. The Morgan fingerprint density at radius 1 is 1.37 bits per heavy atom. The molecule has 0 bridgehead atoms. The normalized spacial score (nSPS) is 12.4.